The molecule has 2 heterocycles. The van der Waals surface area contributed by atoms with Crippen LogP contribution in [0.4, 0.5) is 5.69 Å². The molecule has 1 saturated heterocycles. The monoisotopic (exact) mass is 425 g/mol. The Hall–Kier alpha value is -2.64. The van der Waals surface area contributed by atoms with Gasteiger partial charge in [0.2, 0.25) is 5.91 Å². The van der Waals surface area contributed by atoms with Crippen molar-refractivity contribution in [2.75, 3.05) is 25.6 Å². The minimum atomic E-state index is -0.942. The molecule has 2 aromatic rings. The highest BCUT2D eigenvalue weighted by Crippen LogP contribution is 2.48. The molecule has 1 amide bonds. The minimum absolute atomic E-state index is 0.110. The highest BCUT2D eigenvalue weighted by atomic mass is 32.1. The molecule has 0 aromatic heterocycles. The van der Waals surface area contributed by atoms with Gasteiger partial charge in [-0.1, -0.05) is 35.9 Å². The molecule has 1 fully saturated rings. The number of carbonyl (C=O) groups excluding carboxylic acids is 1. The Bertz CT molecular complexity index is 995. The van der Waals surface area contributed by atoms with Gasteiger partial charge in [-0.15, -0.1) is 0 Å². The number of rotatable bonds is 5. The fraction of sp³-hybridized carbons (Fsp3) is 0.391. The Balaban J connectivity index is 1.74. The summed E-state index contributed by atoms with van der Waals surface area (Å²) in [6, 6.07) is 13.5. The van der Waals surface area contributed by atoms with Gasteiger partial charge in [0.1, 0.15) is 11.7 Å². The number of para-hydroxylation sites is 1. The SMILES string of the molecule is COCCN1C(=S)NC2c3ccccc3OC1(C)C2C(=O)Nc1ccc(C)cc1C. The molecule has 2 N–H and O–H groups in total. The molecule has 6 nitrogen and oxygen atoms in total. The number of ether oxygens (including phenoxy) is 2. The van der Waals surface area contributed by atoms with Crippen LogP contribution in [0.1, 0.15) is 29.7 Å². The number of hydrogen-bond donors (Lipinski definition) is 2. The second-order valence-corrected chi connectivity index (χ2v) is 8.44. The standard InChI is InChI=1S/C23H27N3O3S/c1-14-9-10-17(15(2)13-14)24-21(27)19-20-16-7-5-6-8-18(16)29-23(19,3)26(11-12-28-4)22(30)25-20/h5-10,13,19-20H,11-12H2,1-4H3,(H,24,27)(H,25,30). The Morgan fingerprint density at radius 2 is 2.07 bits per heavy atom. The summed E-state index contributed by atoms with van der Waals surface area (Å²) >= 11 is 5.65. The van der Waals surface area contributed by atoms with E-state index in [1.807, 2.05) is 62.1 Å². The van der Waals surface area contributed by atoms with Gasteiger partial charge in [0.15, 0.2) is 10.8 Å². The van der Waals surface area contributed by atoms with E-state index in [0.29, 0.717) is 18.3 Å². The number of thiocarbonyl (C=S) groups is 1. The van der Waals surface area contributed by atoms with Crippen molar-refractivity contribution in [3.63, 3.8) is 0 Å². The van der Waals surface area contributed by atoms with Crippen molar-refractivity contribution in [2.24, 2.45) is 5.92 Å². The zero-order chi connectivity index (χ0) is 21.5. The number of aryl methyl sites for hydroxylation is 2. The predicted molar refractivity (Wildman–Crippen MR) is 121 cm³/mol. The first-order chi connectivity index (χ1) is 14.3. The number of anilines is 1. The fourth-order valence-electron chi connectivity index (χ4n) is 4.47. The molecule has 3 atom stereocenters. The lowest BCUT2D eigenvalue weighted by molar-refractivity contribution is -0.150. The van der Waals surface area contributed by atoms with Crippen LogP contribution in [0.5, 0.6) is 5.75 Å². The average molecular weight is 426 g/mol. The number of hydrogen-bond acceptors (Lipinski definition) is 4. The van der Waals surface area contributed by atoms with Crippen LogP contribution in [-0.4, -0.2) is 41.9 Å². The summed E-state index contributed by atoms with van der Waals surface area (Å²) in [5.41, 5.74) is 2.97. The molecular weight excluding hydrogens is 398 g/mol. The number of nitrogens with zero attached hydrogens (tertiary/aromatic N) is 1. The Morgan fingerprint density at radius 3 is 2.80 bits per heavy atom. The van der Waals surface area contributed by atoms with Gasteiger partial charge in [0.25, 0.3) is 0 Å². The number of fused-ring (bicyclic) bond motifs is 4. The van der Waals surface area contributed by atoms with Crippen LogP contribution in [-0.2, 0) is 9.53 Å². The molecule has 0 saturated carbocycles. The maximum absolute atomic E-state index is 13.6. The van der Waals surface area contributed by atoms with Gasteiger partial charge in [0.05, 0.1) is 12.6 Å². The quantitative estimate of drug-likeness (QED) is 0.715. The van der Waals surface area contributed by atoms with E-state index in [4.69, 9.17) is 21.7 Å². The van der Waals surface area contributed by atoms with Crippen LogP contribution in [0, 0.1) is 19.8 Å². The number of benzene rings is 2. The van der Waals surface area contributed by atoms with Gasteiger partial charge in [-0.25, -0.2) is 0 Å². The zero-order valence-electron chi connectivity index (χ0n) is 17.7. The van der Waals surface area contributed by atoms with Gasteiger partial charge < -0.3 is 25.0 Å². The van der Waals surface area contributed by atoms with Gasteiger partial charge in [-0.2, -0.15) is 0 Å². The third-order valence-corrected chi connectivity index (χ3v) is 6.32. The first-order valence-electron chi connectivity index (χ1n) is 10.1. The third kappa shape index (κ3) is 3.42. The van der Waals surface area contributed by atoms with Crippen molar-refractivity contribution >= 4 is 28.9 Å². The van der Waals surface area contributed by atoms with Crippen molar-refractivity contribution in [3.05, 3.63) is 59.2 Å². The summed E-state index contributed by atoms with van der Waals surface area (Å²) in [7, 11) is 1.65. The maximum atomic E-state index is 13.6. The molecular formula is C23H27N3O3S. The lowest BCUT2D eigenvalue weighted by atomic mass is 9.78. The van der Waals surface area contributed by atoms with E-state index < -0.39 is 11.6 Å². The predicted octanol–water partition coefficient (Wildman–Crippen LogP) is 3.54. The van der Waals surface area contributed by atoms with E-state index in [1.165, 1.54) is 0 Å². The number of amides is 1. The molecule has 4 rings (SSSR count). The normalized spacial score (nSPS) is 24.5. The van der Waals surface area contributed by atoms with Crippen LogP contribution >= 0.6 is 12.2 Å². The van der Waals surface area contributed by atoms with E-state index in [1.54, 1.807) is 7.11 Å². The summed E-state index contributed by atoms with van der Waals surface area (Å²) in [6.45, 7) is 6.95. The first kappa shape index (κ1) is 20.6. The number of methoxy groups -OCH3 is 1. The summed E-state index contributed by atoms with van der Waals surface area (Å²) in [5, 5.41) is 7.07. The maximum Gasteiger partial charge on any atom is 0.236 e. The molecule has 7 heteroatoms. The molecule has 30 heavy (non-hydrogen) atoms. The Morgan fingerprint density at radius 1 is 1.30 bits per heavy atom. The van der Waals surface area contributed by atoms with Crippen molar-refractivity contribution in [2.45, 2.75) is 32.5 Å². The molecule has 0 spiro atoms. The summed E-state index contributed by atoms with van der Waals surface area (Å²) in [6.07, 6.45) is 0. The van der Waals surface area contributed by atoms with E-state index in [0.717, 1.165) is 28.1 Å². The minimum Gasteiger partial charge on any atom is -0.467 e. The highest BCUT2D eigenvalue weighted by molar-refractivity contribution is 7.80. The largest absolute Gasteiger partial charge is 0.467 e. The van der Waals surface area contributed by atoms with Crippen LogP contribution in [0.3, 0.4) is 0 Å². The van der Waals surface area contributed by atoms with Gasteiger partial charge in [0, 0.05) is 24.9 Å². The topological polar surface area (TPSA) is 62.8 Å². The summed E-state index contributed by atoms with van der Waals surface area (Å²) in [4.78, 5) is 15.5. The molecule has 158 valence electrons. The van der Waals surface area contributed by atoms with Gasteiger partial charge in [-0.05, 0) is 50.7 Å². The van der Waals surface area contributed by atoms with E-state index in [2.05, 4.69) is 16.7 Å². The third-order valence-electron chi connectivity index (χ3n) is 5.98. The molecule has 2 aliphatic rings. The molecule has 0 radical (unpaired) electrons. The molecule has 2 aliphatic heterocycles. The fourth-order valence-corrected chi connectivity index (χ4v) is 4.87. The lowest BCUT2D eigenvalue weighted by Gasteiger charge is -2.56. The van der Waals surface area contributed by atoms with Gasteiger partial charge >= 0.3 is 0 Å². The molecule has 2 aromatic carbocycles. The second kappa shape index (κ2) is 7.89. The van der Waals surface area contributed by atoms with Crippen molar-refractivity contribution in [1.29, 1.82) is 0 Å². The first-order valence-corrected chi connectivity index (χ1v) is 10.5. The van der Waals surface area contributed by atoms with Crippen LogP contribution < -0.4 is 15.4 Å². The lowest BCUT2D eigenvalue weighted by Crippen LogP contribution is -2.72. The number of carbonyl (C=O) groups is 1. The zero-order valence-corrected chi connectivity index (χ0v) is 18.5. The van der Waals surface area contributed by atoms with Crippen molar-refractivity contribution in [1.82, 2.24) is 10.2 Å². The van der Waals surface area contributed by atoms with Gasteiger partial charge in [-0.3, -0.25) is 4.79 Å². The average Bonchev–Trinajstić information content (AvgIpc) is 2.69. The summed E-state index contributed by atoms with van der Waals surface area (Å²) < 4.78 is 11.8. The van der Waals surface area contributed by atoms with Crippen LogP contribution in [0.15, 0.2) is 42.5 Å². The Labute approximate surface area is 182 Å². The second-order valence-electron chi connectivity index (χ2n) is 8.05. The molecule has 2 bridgehead atoms. The number of nitrogens with one attached hydrogen (secondary N) is 2. The highest BCUT2D eigenvalue weighted by Gasteiger charge is 2.58. The summed E-state index contributed by atoms with van der Waals surface area (Å²) in [5.74, 6) is 0.135. The smallest absolute Gasteiger partial charge is 0.236 e. The van der Waals surface area contributed by atoms with Crippen LogP contribution in [0.25, 0.3) is 0 Å². The molecule has 3 unspecified atom stereocenters. The van der Waals surface area contributed by atoms with E-state index >= 15 is 0 Å². The van der Waals surface area contributed by atoms with Crippen LogP contribution in [0.2, 0.25) is 0 Å². The Kier molecular flexibility index (Phi) is 5.42. The molecule has 0 aliphatic carbocycles. The van der Waals surface area contributed by atoms with E-state index in [-0.39, 0.29) is 11.9 Å². The van der Waals surface area contributed by atoms with Crippen molar-refractivity contribution in [3.8, 4) is 5.75 Å². The van der Waals surface area contributed by atoms with Crippen molar-refractivity contribution < 1.29 is 14.3 Å². The van der Waals surface area contributed by atoms with E-state index in [9.17, 15) is 4.79 Å².